The van der Waals surface area contributed by atoms with Crippen LogP contribution in [0.5, 0.6) is 0 Å². The molecule has 0 radical (unpaired) electrons. The van der Waals surface area contributed by atoms with Crippen LogP contribution in [-0.4, -0.2) is 37.3 Å². The summed E-state index contributed by atoms with van der Waals surface area (Å²) in [5.74, 6) is -3.02. The highest BCUT2D eigenvalue weighted by molar-refractivity contribution is 6.05. The number of ether oxygens (including phenoxy) is 3. The first-order chi connectivity index (χ1) is 12.7. The summed E-state index contributed by atoms with van der Waals surface area (Å²) in [6.07, 6.45) is 0. The molecule has 0 aromatic carbocycles. The largest absolute Gasteiger partial charge is 0.466 e. The van der Waals surface area contributed by atoms with Crippen LogP contribution in [0.25, 0.3) is 0 Å². The second-order valence-corrected chi connectivity index (χ2v) is 6.03. The van der Waals surface area contributed by atoms with Gasteiger partial charge in [0.25, 0.3) is 0 Å². The topological polar surface area (TPSA) is 117 Å². The SMILES string of the molecule is COC(=O)C1=C(C)NC(C)=C(C(=O)OC)C1C(=O)OCc1c(C)noc1C. The monoisotopic (exact) mass is 378 g/mol. The summed E-state index contributed by atoms with van der Waals surface area (Å²) in [6.45, 7) is 6.53. The van der Waals surface area contributed by atoms with Crippen molar-refractivity contribution in [3.8, 4) is 0 Å². The second-order valence-electron chi connectivity index (χ2n) is 6.03. The van der Waals surface area contributed by atoms with Gasteiger partial charge in [0.1, 0.15) is 18.3 Å². The summed E-state index contributed by atoms with van der Waals surface area (Å²) in [5.41, 5.74) is 1.99. The Kier molecular flexibility index (Phi) is 6.04. The third kappa shape index (κ3) is 3.86. The fraction of sp³-hybridized carbons (Fsp3) is 0.444. The number of hydrogen-bond donors (Lipinski definition) is 1. The molecule has 9 heteroatoms. The third-order valence-corrected chi connectivity index (χ3v) is 4.35. The van der Waals surface area contributed by atoms with E-state index in [1.165, 1.54) is 14.2 Å². The van der Waals surface area contributed by atoms with Crippen molar-refractivity contribution in [2.45, 2.75) is 34.3 Å². The van der Waals surface area contributed by atoms with Crippen LogP contribution in [0.3, 0.4) is 0 Å². The lowest BCUT2D eigenvalue weighted by molar-refractivity contribution is -0.152. The lowest BCUT2D eigenvalue weighted by Gasteiger charge is -2.28. The molecule has 0 atom stereocenters. The van der Waals surface area contributed by atoms with Crippen molar-refractivity contribution in [3.05, 3.63) is 39.6 Å². The highest BCUT2D eigenvalue weighted by atomic mass is 16.5. The number of nitrogens with zero attached hydrogens (tertiary/aromatic N) is 1. The van der Waals surface area contributed by atoms with Gasteiger partial charge in [-0.1, -0.05) is 5.16 Å². The molecule has 27 heavy (non-hydrogen) atoms. The molecule has 1 aromatic rings. The first kappa shape index (κ1) is 20.2. The molecule has 0 bridgehead atoms. The molecule has 9 nitrogen and oxygen atoms in total. The second kappa shape index (κ2) is 8.07. The number of dihydropyridines is 1. The third-order valence-electron chi connectivity index (χ3n) is 4.35. The number of esters is 3. The van der Waals surface area contributed by atoms with E-state index in [0.29, 0.717) is 28.4 Å². The number of nitrogens with one attached hydrogen (secondary N) is 1. The molecule has 0 aliphatic carbocycles. The summed E-state index contributed by atoms with van der Waals surface area (Å²) >= 11 is 0. The molecule has 0 spiro atoms. The van der Waals surface area contributed by atoms with Crippen molar-refractivity contribution >= 4 is 17.9 Å². The van der Waals surface area contributed by atoms with E-state index >= 15 is 0 Å². The van der Waals surface area contributed by atoms with Gasteiger partial charge in [0.2, 0.25) is 0 Å². The van der Waals surface area contributed by atoms with E-state index in [9.17, 15) is 14.4 Å². The van der Waals surface area contributed by atoms with E-state index in [1.807, 2.05) is 0 Å². The van der Waals surface area contributed by atoms with Crippen LogP contribution in [0.4, 0.5) is 0 Å². The van der Waals surface area contributed by atoms with E-state index in [-0.39, 0.29) is 17.8 Å². The maximum atomic E-state index is 12.9. The van der Waals surface area contributed by atoms with Gasteiger partial charge < -0.3 is 24.1 Å². The average molecular weight is 378 g/mol. The van der Waals surface area contributed by atoms with E-state index in [1.54, 1.807) is 27.7 Å². The van der Waals surface area contributed by atoms with Crippen LogP contribution in [-0.2, 0) is 35.2 Å². The summed E-state index contributed by atoms with van der Waals surface area (Å²) in [6, 6.07) is 0. The van der Waals surface area contributed by atoms with Gasteiger partial charge in [0.15, 0.2) is 0 Å². The van der Waals surface area contributed by atoms with Crippen molar-refractivity contribution in [2.24, 2.45) is 5.92 Å². The molecule has 0 fully saturated rings. The number of allylic oxidation sites excluding steroid dienone is 2. The molecule has 0 saturated heterocycles. The van der Waals surface area contributed by atoms with Crippen molar-refractivity contribution in [2.75, 3.05) is 14.2 Å². The molecule has 2 rings (SSSR count). The smallest absolute Gasteiger partial charge is 0.336 e. The highest BCUT2D eigenvalue weighted by Gasteiger charge is 2.42. The first-order valence-corrected chi connectivity index (χ1v) is 8.16. The molecule has 0 saturated carbocycles. The number of carbonyl (C=O) groups excluding carboxylic acids is 3. The van der Waals surface area contributed by atoms with Crippen molar-refractivity contribution < 1.29 is 33.1 Å². The Hall–Kier alpha value is -3.10. The van der Waals surface area contributed by atoms with Gasteiger partial charge in [0, 0.05) is 11.4 Å². The number of aryl methyl sites for hydroxylation is 2. The predicted octanol–water partition coefficient (Wildman–Crippen LogP) is 1.45. The zero-order chi connectivity index (χ0) is 20.3. The van der Waals surface area contributed by atoms with Gasteiger partial charge in [-0.05, 0) is 27.7 Å². The number of aromatic nitrogens is 1. The normalized spacial score (nSPS) is 14.7. The van der Waals surface area contributed by atoms with Crippen LogP contribution < -0.4 is 5.32 Å². The lowest BCUT2D eigenvalue weighted by atomic mass is 9.85. The summed E-state index contributed by atoms with van der Waals surface area (Å²) in [4.78, 5) is 37.4. The minimum absolute atomic E-state index is 0.00716. The zero-order valence-corrected chi connectivity index (χ0v) is 16.1. The van der Waals surface area contributed by atoms with Gasteiger partial charge in [-0.15, -0.1) is 0 Å². The Morgan fingerprint density at radius 2 is 1.52 bits per heavy atom. The standard InChI is InChI=1S/C18H22N2O7/c1-8-12(11(4)27-20-8)7-26-18(23)15-13(16(21)24-5)9(2)19-10(3)14(15)17(22)25-6/h15,19H,7H2,1-6H3. The molecular formula is C18H22N2O7. The fourth-order valence-electron chi connectivity index (χ4n) is 2.93. The Morgan fingerprint density at radius 1 is 1.00 bits per heavy atom. The lowest BCUT2D eigenvalue weighted by Crippen LogP contribution is -2.37. The molecule has 146 valence electrons. The molecule has 1 aromatic heterocycles. The van der Waals surface area contributed by atoms with Gasteiger partial charge in [-0.2, -0.15) is 0 Å². The molecule has 2 heterocycles. The van der Waals surface area contributed by atoms with E-state index in [0.717, 1.165) is 0 Å². The van der Waals surface area contributed by atoms with E-state index in [4.69, 9.17) is 18.7 Å². The molecule has 1 aliphatic heterocycles. The van der Waals surface area contributed by atoms with Crippen molar-refractivity contribution in [1.82, 2.24) is 10.5 Å². The predicted molar refractivity (Wildman–Crippen MR) is 91.8 cm³/mol. The number of carbonyl (C=O) groups is 3. The van der Waals surface area contributed by atoms with Gasteiger partial charge >= 0.3 is 17.9 Å². The van der Waals surface area contributed by atoms with Crippen molar-refractivity contribution in [1.29, 1.82) is 0 Å². The van der Waals surface area contributed by atoms with Crippen LogP contribution in [0.1, 0.15) is 30.9 Å². The van der Waals surface area contributed by atoms with Crippen LogP contribution in [0.2, 0.25) is 0 Å². The summed E-state index contributed by atoms with van der Waals surface area (Å²) < 4.78 is 20.0. The maximum Gasteiger partial charge on any atom is 0.336 e. The Labute approximate surface area is 156 Å². The van der Waals surface area contributed by atoms with Crippen LogP contribution >= 0.6 is 0 Å². The van der Waals surface area contributed by atoms with Gasteiger partial charge in [-0.3, -0.25) is 4.79 Å². The first-order valence-electron chi connectivity index (χ1n) is 8.16. The Balaban J connectivity index is 2.41. The van der Waals surface area contributed by atoms with Gasteiger partial charge in [-0.25, -0.2) is 9.59 Å². The van der Waals surface area contributed by atoms with Crippen molar-refractivity contribution in [3.63, 3.8) is 0 Å². The zero-order valence-electron chi connectivity index (χ0n) is 16.1. The number of hydrogen-bond acceptors (Lipinski definition) is 9. The van der Waals surface area contributed by atoms with Crippen LogP contribution in [0.15, 0.2) is 27.1 Å². The molecule has 1 aliphatic rings. The molecule has 1 N–H and O–H groups in total. The molecule has 0 unspecified atom stereocenters. The summed E-state index contributed by atoms with van der Waals surface area (Å²) in [7, 11) is 2.38. The Morgan fingerprint density at radius 3 is 1.93 bits per heavy atom. The van der Waals surface area contributed by atoms with E-state index in [2.05, 4.69) is 10.5 Å². The van der Waals surface area contributed by atoms with Gasteiger partial charge in [0.05, 0.1) is 36.6 Å². The van der Waals surface area contributed by atoms with Crippen LogP contribution in [0, 0.1) is 19.8 Å². The number of rotatable bonds is 5. The molecule has 0 amide bonds. The van der Waals surface area contributed by atoms with E-state index < -0.39 is 23.8 Å². The fourth-order valence-corrected chi connectivity index (χ4v) is 2.93. The highest BCUT2D eigenvalue weighted by Crippen LogP contribution is 2.32. The quantitative estimate of drug-likeness (QED) is 0.600. The minimum atomic E-state index is -1.27. The number of methoxy groups -OCH3 is 2. The average Bonchev–Trinajstić information content (AvgIpc) is 2.95. The molecular weight excluding hydrogens is 356 g/mol. The minimum Gasteiger partial charge on any atom is -0.466 e. The Bertz CT molecular complexity index is 790. The maximum absolute atomic E-state index is 12.9. The summed E-state index contributed by atoms with van der Waals surface area (Å²) in [5, 5.41) is 6.71.